The fourth-order valence-electron chi connectivity index (χ4n) is 2.74. The molecule has 2 heterocycles. The predicted molar refractivity (Wildman–Crippen MR) is 96.7 cm³/mol. The number of amides is 2. The Morgan fingerprint density at radius 2 is 1.88 bits per heavy atom. The average molecular weight is 349 g/mol. The van der Waals surface area contributed by atoms with Gasteiger partial charge >= 0.3 is 0 Å². The summed E-state index contributed by atoms with van der Waals surface area (Å²) in [7, 11) is 2.02. The SMILES string of the molecule is CN1CCN(C(=O)c2cc(C(=O)Nc3ccccc3C#N)ccn2)CC1. The molecular formula is C19H19N5O2. The van der Waals surface area contributed by atoms with Gasteiger partial charge in [0.1, 0.15) is 11.8 Å². The lowest BCUT2D eigenvalue weighted by Crippen LogP contribution is -2.47. The number of aromatic nitrogens is 1. The highest BCUT2D eigenvalue weighted by Crippen LogP contribution is 2.15. The Morgan fingerprint density at radius 3 is 2.62 bits per heavy atom. The molecule has 1 aromatic heterocycles. The van der Waals surface area contributed by atoms with Crippen LogP contribution < -0.4 is 5.32 Å². The summed E-state index contributed by atoms with van der Waals surface area (Å²) in [4.78, 5) is 33.1. The van der Waals surface area contributed by atoms with Crippen molar-refractivity contribution in [2.45, 2.75) is 0 Å². The van der Waals surface area contributed by atoms with Gasteiger partial charge in [-0.05, 0) is 31.3 Å². The zero-order chi connectivity index (χ0) is 18.5. The highest BCUT2D eigenvalue weighted by molar-refractivity contribution is 6.06. The van der Waals surface area contributed by atoms with Crippen LogP contribution in [0.25, 0.3) is 0 Å². The van der Waals surface area contributed by atoms with Crippen LogP contribution in [-0.4, -0.2) is 59.8 Å². The van der Waals surface area contributed by atoms with Gasteiger partial charge in [-0.2, -0.15) is 5.26 Å². The monoisotopic (exact) mass is 349 g/mol. The van der Waals surface area contributed by atoms with Crippen LogP contribution in [0.5, 0.6) is 0 Å². The molecule has 1 aromatic carbocycles. The number of nitrogens with one attached hydrogen (secondary N) is 1. The predicted octanol–water partition coefficient (Wildman–Crippen LogP) is 1.59. The second-order valence-corrected chi connectivity index (χ2v) is 6.14. The summed E-state index contributed by atoms with van der Waals surface area (Å²) >= 11 is 0. The Morgan fingerprint density at radius 1 is 1.15 bits per heavy atom. The average Bonchev–Trinajstić information content (AvgIpc) is 2.68. The second kappa shape index (κ2) is 7.76. The number of anilines is 1. The van der Waals surface area contributed by atoms with Crippen LogP contribution in [0.2, 0.25) is 0 Å². The molecule has 0 atom stereocenters. The highest BCUT2D eigenvalue weighted by atomic mass is 16.2. The molecule has 0 bridgehead atoms. The molecule has 0 unspecified atom stereocenters. The van der Waals surface area contributed by atoms with Gasteiger partial charge < -0.3 is 15.1 Å². The summed E-state index contributed by atoms with van der Waals surface area (Å²) in [5.74, 6) is -0.562. The molecule has 0 aliphatic carbocycles. The van der Waals surface area contributed by atoms with Crippen LogP contribution in [0.1, 0.15) is 26.4 Å². The highest BCUT2D eigenvalue weighted by Gasteiger charge is 2.22. The molecule has 1 aliphatic rings. The van der Waals surface area contributed by atoms with E-state index in [1.807, 2.05) is 13.1 Å². The first-order valence-corrected chi connectivity index (χ1v) is 8.33. The van der Waals surface area contributed by atoms with E-state index in [9.17, 15) is 9.59 Å². The summed E-state index contributed by atoms with van der Waals surface area (Å²) in [6.45, 7) is 2.92. The molecule has 2 aromatic rings. The maximum Gasteiger partial charge on any atom is 0.272 e. The largest absolute Gasteiger partial charge is 0.335 e. The van der Waals surface area contributed by atoms with Crippen molar-refractivity contribution in [2.24, 2.45) is 0 Å². The van der Waals surface area contributed by atoms with Gasteiger partial charge in [0.2, 0.25) is 0 Å². The minimum absolute atomic E-state index is 0.176. The number of benzene rings is 1. The third-order valence-electron chi connectivity index (χ3n) is 4.33. The zero-order valence-corrected chi connectivity index (χ0v) is 14.5. The summed E-state index contributed by atoms with van der Waals surface area (Å²) in [5.41, 5.74) is 1.38. The van der Waals surface area contributed by atoms with Crippen LogP contribution in [0.15, 0.2) is 42.6 Å². The molecule has 1 fully saturated rings. The molecule has 7 heteroatoms. The first kappa shape index (κ1) is 17.6. The zero-order valence-electron chi connectivity index (χ0n) is 14.5. The van der Waals surface area contributed by atoms with Gasteiger partial charge in [0.25, 0.3) is 11.8 Å². The van der Waals surface area contributed by atoms with Gasteiger partial charge in [0.05, 0.1) is 11.3 Å². The van der Waals surface area contributed by atoms with Crippen molar-refractivity contribution >= 4 is 17.5 Å². The minimum atomic E-state index is -0.387. The minimum Gasteiger partial charge on any atom is -0.335 e. The van der Waals surface area contributed by atoms with Crippen molar-refractivity contribution in [3.63, 3.8) is 0 Å². The molecular weight excluding hydrogens is 330 g/mol. The van der Waals surface area contributed by atoms with Crippen LogP contribution in [0.3, 0.4) is 0 Å². The smallest absolute Gasteiger partial charge is 0.272 e. The van der Waals surface area contributed by atoms with E-state index in [0.29, 0.717) is 29.9 Å². The van der Waals surface area contributed by atoms with Gasteiger partial charge in [-0.15, -0.1) is 0 Å². The van der Waals surface area contributed by atoms with Crippen molar-refractivity contribution in [2.75, 3.05) is 38.5 Å². The number of nitriles is 1. The fourth-order valence-corrected chi connectivity index (χ4v) is 2.74. The van der Waals surface area contributed by atoms with Gasteiger partial charge in [-0.25, -0.2) is 0 Å². The first-order valence-electron chi connectivity index (χ1n) is 8.33. The fraction of sp³-hybridized carbons (Fsp3) is 0.263. The second-order valence-electron chi connectivity index (χ2n) is 6.14. The topological polar surface area (TPSA) is 89.3 Å². The Balaban J connectivity index is 1.75. The number of likely N-dealkylation sites (N-methyl/N-ethyl adjacent to an activating group) is 1. The molecule has 0 saturated carbocycles. The van der Waals surface area contributed by atoms with E-state index in [0.717, 1.165) is 13.1 Å². The van der Waals surface area contributed by atoms with Crippen molar-refractivity contribution in [3.8, 4) is 6.07 Å². The normalized spacial score (nSPS) is 14.5. The standard InChI is InChI=1S/C19H19N5O2/c1-23-8-10-24(11-9-23)19(26)17-12-14(6-7-21-17)18(25)22-16-5-3-2-4-15(16)13-20/h2-7,12H,8-11H2,1H3,(H,22,25). The van der Waals surface area contributed by atoms with E-state index in [4.69, 9.17) is 5.26 Å². The molecule has 1 aliphatic heterocycles. The van der Waals surface area contributed by atoms with Crippen LogP contribution >= 0.6 is 0 Å². The third-order valence-corrected chi connectivity index (χ3v) is 4.33. The molecule has 0 radical (unpaired) electrons. The Bertz CT molecular complexity index is 866. The molecule has 0 spiro atoms. The lowest BCUT2D eigenvalue weighted by molar-refractivity contribution is 0.0658. The quantitative estimate of drug-likeness (QED) is 0.909. The van der Waals surface area contributed by atoms with E-state index < -0.39 is 0 Å². The van der Waals surface area contributed by atoms with E-state index in [1.54, 1.807) is 35.2 Å². The summed E-state index contributed by atoms with van der Waals surface area (Å²) in [6.07, 6.45) is 1.45. The number of hydrogen-bond acceptors (Lipinski definition) is 5. The van der Waals surface area contributed by atoms with Crippen molar-refractivity contribution < 1.29 is 9.59 Å². The molecule has 7 nitrogen and oxygen atoms in total. The maximum absolute atomic E-state index is 12.6. The van der Waals surface area contributed by atoms with Gasteiger partial charge in [0.15, 0.2) is 0 Å². The van der Waals surface area contributed by atoms with Crippen molar-refractivity contribution in [3.05, 3.63) is 59.4 Å². The molecule has 1 N–H and O–H groups in total. The lowest BCUT2D eigenvalue weighted by Gasteiger charge is -2.32. The Kier molecular flexibility index (Phi) is 5.25. The molecule has 2 amide bonds. The van der Waals surface area contributed by atoms with Crippen molar-refractivity contribution in [1.82, 2.24) is 14.8 Å². The number of carbonyl (C=O) groups excluding carboxylic acids is 2. The molecule has 1 saturated heterocycles. The number of para-hydroxylation sites is 1. The van der Waals surface area contributed by atoms with Crippen molar-refractivity contribution in [1.29, 1.82) is 5.26 Å². The third kappa shape index (κ3) is 3.87. The van der Waals surface area contributed by atoms with Gasteiger partial charge in [-0.3, -0.25) is 14.6 Å². The Labute approximate surface area is 151 Å². The van der Waals surface area contributed by atoms with Gasteiger partial charge in [0, 0.05) is 37.9 Å². The number of carbonyl (C=O) groups is 2. The van der Waals surface area contributed by atoms with E-state index in [1.165, 1.54) is 12.3 Å². The number of pyridine rings is 1. The number of hydrogen-bond donors (Lipinski definition) is 1. The van der Waals surface area contributed by atoms with Crippen LogP contribution in [-0.2, 0) is 0 Å². The Hall–Kier alpha value is -3.24. The van der Waals surface area contributed by atoms with Crippen LogP contribution in [0.4, 0.5) is 5.69 Å². The maximum atomic E-state index is 12.6. The number of nitrogens with zero attached hydrogens (tertiary/aromatic N) is 4. The molecule has 26 heavy (non-hydrogen) atoms. The van der Waals surface area contributed by atoms with Gasteiger partial charge in [-0.1, -0.05) is 12.1 Å². The number of piperazine rings is 1. The van der Waals surface area contributed by atoms with E-state index >= 15 is 0 Å². The molecule has 3 rings (SSSR count). The summed E-state index contributed by atoms with van der Waals surface area (Å²) in [6, 6.07) is 11.8. The summed E-state index contributed by atoms with van der Waals surface area (Å²) in [5, 5.41) is 11.8. The van der Waals surface area contributed by atoms with E-state index in [2.05, 4.69) is 15.2 Å². The first-order chi connectivity index (χ1) is 12.6. The van der Waals surface area contributed by atoms with Crippen LogP contribution in [0, 0.1) is 11.3 Å². The van der Waals surface area contributed by atoms with E-state index in [-0.39, 0.29) is 17.5 Å². The lowest BCUT2D eigenvalue weighted by atomic mass is 10.1. The summed E-state index contributed by atoms with van der Waals surface area (Å²) < 4.78 is 0. The molecule has 132 valence electrons. The number of rotatable bonds is 3.